The summed E-state index contributed by atoms with van der Waals surface area (Å²) in [6.45, 7) is 6.12. The number of hydrogen-bond acceptors (Lipinski definition) is 2. The fourth-order valence-corrected chi connectivity index (χ4v) is 2.14. The SMILES string of the molecule is CC(C)(C)OC(=O)N1CCC[C@](F)(CBr)C1. The van der Waals surface area contributed by atoms with Gasteiger partial charge in [0.05, 0.1) is 6.54 Å². The first-order valence-electron chi connectivity index (χ1n) is 5.49. The van der Waals surface area contributed by atoms with E-state index >= 15 is 0 Å². The van der Waals surface area contributed by atoms with E-state index in [0.717, 1.165) is 0 Å². The topological polar surface area (TPSA) is 29.5 Å². The molecule has 0 N–H and O–H groups in total. The van der Waals surface area contributed by atoms with Crippen molar-refractivity contribution in [1.29, 1.82) is 0 Å². The average Bonchev–Trinajstić information content (AvgIpc) is 2.15. The van der Waals surface area contributed by atoms with Crippen molar-refractivity contribution in [2.45, 2.75) is 44.9 Å². The van der Waals surface area contributed by atoms with Crippen LogP contribution < -0.4 is 0 Å². The van der Waals surface area contributed by atoms with Crippen molar-refractivity contribution in [1.82, 2.24) is 4.90 Å². The molecule has 0 aromatic carbocycles. The molecular formula is C11H19BrFNO2. The molecule has 1 aliphatic heterocycles. The van der Waals surface area contributed by atoms with Crippen LogP contribution in [0.1, 0.15) is 33.6 Å². The maximum absolute atomic E-state index is 14.0. The Labute approximate surface area is 104 Å². The fraction of sp³-hybridized carbons (Fsp3) is 0.909. The highest BCUT2D eigenvalue weighted by atomic mass is 79.9. The van der Waals surface area contributed by atoms with Gasteiger partial charge in [-0.25, -0.2) is 9.18 Å². The molecule has 0 bridgehead atoms. The zero-order valence-corrected chi connectivity index (χ0v) is 11.6. The molecule has 1 fully saturated rings. The molecule has 1 aliphatic rings. The van der Waals surface area contributed by atoms with Gasteiger partial charge in [-0.1, -0.05) is 15.9 Å². The van der Waals surface area contributed by atoms with Crippen molar-refractivity contribution in [3.05, 3.63) is 0 Å². The first-order chi connectivity index (χ1) is 7.26. The van der Waals surface area contributed by atoms with E-state index in [4.69, 9.17) is 4.74 Å². The Kier molecular flexibility index (Phi) is 4.21. The van der Waals surface area contributed by atoms with Gasteiger partial charge in [-0.2, -0.15) is 0 Å². The zero-order valence-electron chi connectivity index (χ0n) is 10.1. The first-order valence-corrected chi connectivity index (χ1v) is 6.61. The lowest BCUT2D eigenvalue weighted by Crippen LogP contribution is -2.50. The van der Waals surface area contributed by atoms with E-state index in [1.165, 1.54) is 4.90 Å². The lowest BCUT2D eigenvalue weighted by molar-refractivity contribution is 0.000453. The third-order valence-electron chi connectivity index (χ3n) is 2.42. The van der Waals surface area contributed by atoms with E-state index in [1.54, 1.807) is 0 Å². The molecule has 0 spiro atoms. The van der Waals surface area contributed by atoms with Gasteiger partial charge >= 0.3 is 6.09 Å². The molecule has 1 saturated heterocycles. The van der Waals surface area contributed by atoms with Crippen LogP contribution in [0.15, 0.2) is 0 Å². The second-order valence-corrected chi connectivity index (χ2v) is 5.85. The minimum atomic E-state index is -1.31. The van der Waals surface area contributed by atoms with E-state index in [-0.39, 0.29) is 11.9 Å². The predicted molar refractivity (Wildman–Crippen MR) is 64.7 cm³/mol. The van der Waals surface area contributed by atoms with E-state index < -0.39 is 17.4 Å². The number of nitrogens with zero attached hydrogens (tertiary/aromatic N) is 1. The molecule has 1 rings (SSSR count). The summed E-state index contributed by atoms with van der Waals surface area (Å²) >= 11 is 3.15. The summed E-state index contributed by atoms with van der Waals surface area (Å²) in [6.07, 6.45) is 0.758. The van der Waals surface area contributed by atoms with Gasteiger partial charge in [-0.15, -0.1) is 0 Å². The lowest BCUT2D eigenvalue weighted by Gasteiger charge is -2.37. The molecule has 3 nitrogen and oxygen atoms in total. The molecule has 0 saturated carbocycles. The number of carbonyl (C=O) groups is 1. The van der Waals surface area contributed by atoms with Crippen LogP contribution in [0.4, 0.5) is 9.18 Å². The Bertz CT molecular complexity index is 267. The Morgan fingerprint density at radius 1 is 1.56 bits per heavy atom. The summed E-state index contributed by atoms with van der Waals surface area (Å²) < 4.78 is 19.3. The molecule has 0 aromatic rings. The highest BCUT2D eigenvalue weighted by Crippen LogP contribution is 2.28. The van der Waals surface area contributed by atoms with Gasteiger partial charge in [-0.3, -0.25) is 0 Å². The molecule has 94 valence electrons. The van der Waals surface area contributed by atoms with Gasteiger partial charge in [-0.05, 0) is 33.6 Å². The van der Waals surface area contributed by atoms with E-state index in [9.17, 15) is 9.18 Å². The van der Waals surface area contributed by atoms with Gasteiger partial charge in [0.2, 0.25) is 0 Å². The molecule has 0 aromatic heterocycles. The summed E-state index contributed by atoms with van der Waals surface area (Å²) in [7, 11) is 0. The number of alkyl halides is 2. The number of carbonyl (C=O) groups excluding carboxylic acids is 1. The maximum atomic E-state index is 14.0. The summed E-state index contributed by atoms with van der Waals surface area (Å²) in [5, 5.41) is 0.263. The second kappa shape index (κ2) is 4.90. The van der Waals surface area contributed by atoms with Crippen molar-refractivity contribution in [2.75, 3.05) is 18.4 Å². The van der Waals surface area contributed by atoms with Crippen LogP contribution >= 0.6 is 15.9 Å². The van der Waals surface area contributed by atoms with Gasteiger partial charge in [0.15, 0.2) is 0 Å². The first kappa shape index (κ1) is 13.7. The van der Waals surface area contributed by atoms with Crippen molar-refractivity contribution in [3.8, 4) is 0 Å². The minimum absolute atomic E-state index is 0.118. The van der Waals surface area contributed by atoms with E-state index in [1.807, 2.05) is 20.8 Å². The smallest absolute Gasteiger partial charge is 0.410 e. The summed E-state index contributed by atoms with van der Waals surface area (Å²) in [5.74, 6) is 0. The largest absolute Gasteiger partial charge is 0.444 e. The molecule has 1 heterocycles. The Morgan fingerprint density at radius 2 is 2.19 bits per heavy atom. The summed E-state index contributed by atoms with van der Waals surface area (Å²) in [5.41, 5.74) is -1.84. The van der Waals surface area contributed by atoms with Crippen molar-refractivity contribution in [3.63, 3.8) is 0 Å². The summed E-state index contributed by atoms with van der Waals surface area (Å²) in [4.78, 5) is 13.2. The predicted octanol–water partition coefficient (Wildman–Crippen LogP) is 3.12. The van der Waals surface area contributed by atoms with E-state index in [2.05, 4.69) is 15.9 Å². The van der Waals surface area contributed by atoms with Crippen LogP contribution in [0.2, 0.25) is 0 Å². The highest BCUT2D eigenvalue weighted by molar-refractivity contribution is 9.09. The van der Waals surface area contributed by atoms with Crippen molar-refractivity contribution < 1.29 is 13.9 Å². The van der Waals surface area contributed by atoms with E-state index in [0.29, 0.717) is 19.4 Å². The van der Waals surface area contributed by atoms with Gasteiger partial charge < -0.3 is 9.64 Å². The van der Waals surface area contributed by atoms with Crippen molar-refractivity contribution >= 4 is 22.0 Å². The molecule has 0 aliphatic carbocycles. The number of halogens is 2. The molecule has 16 heavy (non-hydrogen) atoms. The second-order valence-electron chi connectivity index (χ2n) is 5.29. The van der Waals surface area contributed by atoms with Crippen LogP contribution in [0.25, 0.3) is 0 Å². The number of likely N-dealkylation sites (tertiary alicyclic amines) is 1. The van der Waals surface area contributed by atoms with Crippen LogP contribution in [-0.4, -0.2) is 40.7 Å². The highest BCUT2D eigenvalue weighted by Gasteiger charge is 2.37. The Morgan fingerprint density at radius 3 is 2.69 bits per heavy atom. The third-order valence-corrected chi connectivity index (χ3v) is 3.42. The average molecular weight is 296 g/mol. The molecular weight excluding hydrogens is 277 g/mol. The van der Waals surface area contributed by atoms with Crippen LogP contribution in [0.3, 0.4) is 0 Å². The van der Waals surface area contributed by atoms with Crippen LogP contribution in [-0.2, 0) is 4.74 Å². The molecule has 0 radical (unpaired) electrons. The number of piperidine rings is 1. The standard InChI is InChI=1S/C11H19BrFNO2/c1-10(2,3)16-9(15)14-6-4-5-11(13,7-12)8-14/h4-8H2,1-3H3/t11-/m0/s1. The Hall–Kier alpha value is -0.320. The molecule has 5 heteroatoms. The fourth-order valence-electron chi connectivity index (χ4n) is 1.68. The lowest BCUT2D eigenvalue weighted by atomic mass is 9.97. The molecule has 0 unspecified atom stereocenters. The maximum Gasteiger partial charge on any atom is 0.410 e. The van der Waals surface area contributed by atoms with Gasteiger partial charge in [0.25, 0.3) is 0 Å². The van der Waals surface area contributed by atoms with Crippen LogP contribution in [0.5, 0.6) is 0 Å². The monoisotopic (exact) mass is 295 g/mol. The summed E-state index contributed by atoms with van der Waals surface area (Å²) in [6, 6.07) is 0. The van der Waals surface area contributed by atoms with Crippen molar-refractivity contribution in [2.24, 2.45) is 0 Å². The van der Waals surface area contributed by atoms with Gasteiger partial charge in [0, 0.05) is 11.9 Å². The number of amides is 1. The van der Waals surface area contributed by atoms with Gasteiger partial charge in [0.1, 0.15) is 11.3 Å². The molecule has 1 amide bonds. The zero-order chi connectivity index (χ0) is 12.4. The molecule has 1 atom stereocenters. The third kappa shape index (κ3) is 3.92. The number of hydrogen-bond donors (Lipinski definition) is 0. The minimum Gasteiger partial charge on any atom is -0.444 e. The quantitative estimate of drug-likeness (QED) is 0.696. The normalized spacial score (nSPS) is 26.7. The number of rotatable bonds is 1. The van der Waals surface area contributed by atoms with Crippen LogP contribution in [0, 0.1) is 0 Å². The Balaban J connectivity index is 2.57. The number of ether oxygens (including phenoxy) is 1.